The van der Waals surface area contributed by atoms with Crippen LogP contribution >= 0.6 is 11.6 Å². The molecular formula is C13H18ClN. The Morgan fingerprint density at radius 3 is 3.00 bits per heavy atom. The lowest BCUT2D eigenvalue weighted by Gasteiger charge is -2.15. The molecule has 1 aromatic carbocycles. The molecule has 0 bridgehead atoms. The summed E-state index contributed by atoms with van der Waals surface area (Å²) in [4.78, 5) is 0. The molecule has 1 atom stereocenters. The molecule has 0 amide bonds. The zero-order chi connectivity index (χ0) is 10.8. The Morgan fingerprint density at radius 1 is 1.47 bits per heavy atom. The van der Waals surface area contributed by atoms with Crippen LogP contribution in [-0.4, -0.2) is 6.54 Å². The highest BCUT2D eigenvalue weighted by atomic mass is 35.5. The summed E-state index contributed by atoms with van der Waals surface area (Å²) in [5.74, 6) is 0.702. The van der Waals surface area contributed by atoms with Crippen LogP contribution in [0.2, 0.25) is 5.02 Å². The maximum Gasteiger partial charge on any atom is 0.0441 e. The van der Waals surface area contributed by atoms with Crippen molar-refractivity contribution in [2.75, 3.05) is 6.54 Å². The van der Waals surface area contributed by atoms with E-state index in [9.17, 15) is 0 Å². The predicted molar refractivity (Wildman–Crippen MR) is 65.4 cm³/mol. The largest absolute Gasteiger partial charge is 0.310 e. The summed E-state index contributed by atoms with van der Waals surface area (Å²) in [7, 11) is 0. The van der Waals surface area contributed by atoms with Gasteiger partial charge >= 0.3 is 0 Å². The lowest BCUT2D eigenvalue weighted by atomic mass is 10.1. The van der Waals surface area contributed by atoms with E-state index in [0.717, 1.165) is 18.0 Å². The fraction of sp³-hybridized carbons (Fsp3) is 0.538. The second-order valence-electron chi connectivity index (χ2n) is 4.70. The SMILES string of the molecule is CC(C)CNC1CCc2c(Cl)cccc21. The first-order valence-corrected chi connectivity index (χ1v) is 6.07. The van der Waals surface area contributed by atoms with E-state index in [4.69, 9.17) is 11.6 Å². The normalized spacial score (nSPS) is 19.6. The Morgan fingerprint density at radius 2 is 2.27 bits per heavy atom. The van der Waals surface area contributed by atoms with Crippen LogP contribution in [0.15, 0.2) is 18.2 Å². The zero-order valence-corrected chi connectivity index (χ0v) is 10.1. The van der Waals surface area contributed by atoms with Crippen molar-refractivity contribution in [3.8, 4) is 0 Å². The molecule has 2 rings (SSSR count). The maximum absolute atomic E-state index is 6.17. The van der Waals surface area contributed by atoms with Gasteiger partial charge in [0.2, 0.25) is 0 Å². The molecular weight excluding hydrogens is 206 g/mol. The van der Waals surface area contributed by atoms with Gasteiger partial charge in [-0.05, 0) is 42.5 Å². The molecule has 0 aliphatic heterocycles. The highest BCUT2D eigenvalue weighted by molar-refractivity contribution is 6.31. The van der Waals surface area contributed by atoms with Crippen molar-refractivity contribution in [2.45, 2.75) is 32.7 Å². The molecule has 0 heterocycles. The van der Waals surface area contributed by atoms with E-state index in [1.54, 1.807) is 0 Å². The van der Waals surface area contributed by atoms with Crippen molar-refractivity contribution in [3.05, 3.63) is 34.3 Å². The Labute approximate surface area is 96.8 Å². The highest BCUT2D eigenvalue weighted by Crippen LogP contribution is 2.35. The van der Waals surface area contributed by atoms with Crippen molar-refractivity contribution < 1.29 is 0 Å². The van der Waals surface area contributed by atoms with E-state index in [0.29, 0.717) is 12.0 Å². The number of halogens is 1. The van der Waals surface area contributed by atoms with Gasteiger partial charge in [-0.1, -0.05) is 37.6 Å². The molecule has 1 N–H and O–H groups in total. The monoisotopic (exact) mass is 223 g/mol. The van der Waals surface area contributed by atoms with Crippen LogP contribution < -0.4 is 5.32 Å². The third-order valence-corrected chi connectivity index (χ3v) is 3.34. The van der Waals surface area contributed by atoms with Crippen LogP contribution in [0.1, 0.15) is 37.4 Å². The van der Waals surface area contributed by atoms with Gasteiger partial charge in [0.25, 0.3) is 0 Å². The topological polar surface area (TPSA) is 12.0 Å². The first-order chi connectivity index (χ1) is 7.18. The van der Waals surface area contributed by atoms with Gasteiger partial charge in [0, 0.05) is 11.1 Å². The molecule has 2 heteroatoms. The van der Waals surface area contributed by atoms with Crippen molar-refractivity contribution in [1.82, 2.24) is 5.32 Å². The van der Waals surface area contributed by atoms with Crippen molar-refractivity contribution in [2.24, 2.45) is 5.92 Å². The second-order valence-corrected chi connectivity index (χ2v) is 5.11. The van der Waals surface area contributed by atoms with Gasteiger partial charge in [0.1, 0.15) is 0 Å². The summed E-state index contributed by atoms with van der Waals surface area (Å²) in [6, 6.07) is 6.76. The van der Waals surface area contributed by atoms with Gasteiger partial charge in [-0.15, -0.1) is 0 Å². The Hall–Kier alpha value is -0.530. The van der Waals surface area contributed by atoms with E-state index in [1.807, 2.05) is 6.07 Å². The molecule has 0 aromatic heterocycles. The van der Waals surface area contributed by atoms with Gasteiger partial charge in [-0.3, -0.25) is 0 Å². The van der Waals surface area contributed by atoms with Crippen molar-refractivity contribution >= 4 is 11.6 Å². The molecule has 1 unspecified atom stereocenters. The van der Waals surface area contributed by atoms with E-state index < -0.39 is 0 Å². The lowest BCUT2D eigenvalue weighted by molar-refractivity contribution is 0.472. The standard InChI is InChI=1S/C13H18ClN/c1-9(2)8-15-13-7-6-10-11(13)4-3-5-12(10)14/h3-5,9,13,15H,6-8H2,1-2H3. The minimum Gasteiger partial charge on any atom is -0.310 e. The third-order valence-electron chi connectivity index (χ3n) is 2.99. The Kier molecular flexibility index (Phi) is 3.32. The van der Waals surface area contributed by atoms with Gasteiger partial charge < -0.3 is 5.32 Å². The number of hydrogen-bond donors (Lipinski definition) is 1. The van der Waals surface area contributed by atoms with E-state index in [-0.39, 0.29) is 0 Å². The van der Waals surface area contributed by atoms with E-state index in [1.165, 1.54) is 17.5 Å². The Bertz CT molecular complexity index is 346. The molecule has 0 spiro atoms. The first kappa shape index (κ1) is 11.0. The highest BCUT2D eigenvalue weighted by Gasteiger charge is 2.23. The molecule has 0 fully saturated rings. The zero-order valence-electron chi connectivity index (χ0n) is 9.39. The summed E-state index contributed by atoms with van der Waals surface area (Å²) in [5.41, 5.74) is 2.75. The molecule has 0 saturated heterocycles. The summed E-state index contributed by atoms with van der Waals surface area (Å²) in [6.07, 6.45) is 2.30. The Balaban J connectivity index is 2.11. The predicted octanol–water partition coefficient (Wildman–Crippen LogP) is 3.57. The summed E-state index contributed by atoms with van der Waals surface area (Å²) < 4.78 is 0. The number of benzene rings is 1. The van der Waals surface area contributed by atoms with Gasteiger partial charge in [0.05, 0.1) is 0 Å². The molecule has 0 radical (unpaired) electrons. The average Bonchev–Trinajstić information content (AvgIpc) is 2.59. The van der Waals surface area contributed by atoms with Crippen molar-refractivity contribution in [3.63, 3.8) is 0 Å². The van der Waals surface area contributed by atoms with Crippen LogP contribution in [0, 0.1) is 5.92 Å². The van der Waals surface area contributed by atoms with Crippen molar-refractivity contribution in [1.29, 1.82) is 0 Å². The fourth-order valence-electron chi connectivity index (χ4n) is 2.20. The van der Waals surface area contributed by atoms with Crippen LogP contribution in [-0.2, 0) is 6.42 Å². The number of nitrogens with one attached hydrogen (secondary N) is 1. The average molecular weight is 224 g/mol. The number of fused-ring (bicyclic) bond motifs is 1. The molecule has 82 valence electrons. The molecule has 1 aromatic rings. The molecule has 15 heavy (non-hydrogen) atoms. The van der Waals surface area contributed by atoms with Gasteiger partial charge in [-0.25, -0.2) is 0 Å². The summed E-state index contributed by atoms with van der Waals surface area (Å²) >= 11 is 6.17. The summed E-state index contributed by atoms with van der Waals surface area (Å²) in [6.45, 7) is 5.55. The quantitative estimate of drug-likeness (QED) is 0.826. The third kappa shape index (κ3) is 2.35. The minimum atomic E-state index is 0.515. The van der Waals surface area contributed by atoms with Crippen LogP contribution in [0.3, 0.4) is 0 Å². The second kappa shape index (κ2) is 4.54. The number of hydrogen-bond acceptors (Lipinski definition) is 1. The van der Waals surface area contributed by atoms with E-state index in [2.05, 4.69) is 31.3 Å². The first-order valence-electron chi connectivity index (χ1n) is 5.69. The number of rotatable bonds is 3. The van der Waals surface area contributed by atoms with Crippen LogP contribution in [0.25, 0.3) is 0 Å². The minimum absolute atomic E-state index is 0.515. The molecule has 1 aliphatic carbocycles. The van der Waals surface area contributed by atoms with Crippen LogP contribution in [0.5, 0.6) is 0 Å². The smallest absolute Gasteiger partial charge is 0.0441 e. The molecule has 0 saturated carbocycles. The van der Waals surface area contributed by atoms with Gasteiger partial charge in [0.15, 0.2) is 0 Å². The van der Waals surface area contributed by atoms with Crippen LogP contribution in [0.4, 0.5) is 0 Å². The van der Waals surface area contributed by atoms with E-state index >= 15 is 0 Å². The fourth-order valence-corrected chi connectivity index (χ4v) is 2.48. The molecule has 1 aliphatic rings. The van der Waals surface area contributed by atoms with Gasteiger partial charge in [-0.2, -0.15) is 0 Å². The lowest BCUT2D eigenvalue weighted by Crippen LogP contribution is -2.23. The molecule has 1 nitrogen and oxygen atoms in total. The summed E-state index contributed by atoms with van der Waals surface area (Å²) in [5, 5.41) is 4.54. The maximum atomic E-state index is 6.17.